The summed E-state index contributed by atoms with van der Waals surface area (Å²) >= 11 is 6.15. The molecular weight excluding hydrogens is 446 g/mol. The number of rotatable bonds is 6. The van der Waals surface area contributed by atoms with E-state index in [2.05, 4.69) is 20.4 Å². The van der Waals surface area contributed by atoms with Crippen LogP contribution in [-0.4, -0.2) is 64.0 Å². The van der Waals surface area contributed by atoms with Gasteiger partial charge in [0.25, 0.3) is 5.91 Å². The lowest BCUT2D eigenvalue weighted by molar-refractivity contribution is 0.0301. The van der Waals surface area contributed by atoms with Crippen molar-refractivity contribution in [3.8, 4) is 17.0 Å². The summed E-state index contributed by atoms with van der Waals surface area (Å²) < 4.78 is 36.9. The first kappa shape index (κ1) is 21.9. The molecule has 0 saturated carbocycles. The van der Waals surface area contributed by atoms with Crippen LogP contribution >= 0.6 is 11.6 Å². The highest BCUT2D eigenvalue weighted by atomic mass is 35.5. The van der Waals surface area contributed by atoms with Crippen molar-refractivity contribution in [3.05, 3.63) is 47.4 Å². The molecule has 1 aliphatic heterocycles. The molecule has 9 nitrogen and oxygen atoms in total. The van der Waals surface area contributed by atoms with Gasteiger partial charge in [0.15, 0.2) is 0 Å². The number of methoxy groups -OCH3 is 1. The van der Waals surface area contributed by atoms with Crippen LogP contribution in [0, 0.1) is 0 Å². The molecule has 168 valence electrons. The Labute approximate surface area is 186 Å². The molecule has 0 atom stereocenters. The average molecular weight is 465 g/mol. The summed E-state index contributed by atoms with van der Waals surface area (Å²) in [5, 5.41) is 6.80. The number of hydrogen-bond donors (Lipinski definition) is 1. The molecule has 2 aromatic heterocycles. The number of benzene rings is 1. The number of amides is 1. The van der Waals surface area contributed by atoms with Crippen LogP contribution in [0.2, 0.25) is 5.02 Å². The lowest BCUT2D eigenvalue weighted by atomic mass is 10.1. The van der Waals surface area contributed by atoms with Gasteiger partial charge in [0.1, 0.15) is 5.75 Å². The summed E-state index contributed by atoms with van der Waals surface area (Å²) in [5.41, 5.74) is 1.57. The number of ether oxygens (including phenoxy) is 2. The Balaban J connectivity index is 1.56. The molecule has 1 amide bonds. The third-order valence-corrected chi connectivity index (χ3v) is 5.08. The Morgan fingerprint density at radius 2 is 2.06 bits per heavy atom. The maximum absolute atomic E-state index is 12.8. The van der Waals surface area contributed by atoms with E-state index in [1.165, 1.54) is 19.5 Å². The lowest BCUT2D eigenvalue weighted by Gasteiger charge is -2.27. The first-order chi connectivity index (χ1) is 15.5. The normalized spacial score (nSPS) is 14.0. The molecule has 0 bridgehead atoms. The van der Waals surface area contributed by atoms with Crippen LogP contribution in [0.4, 0.5) is 20.4 Å². The smallest absolute Gasteiger partial charge is 0.333 e. The van der Waals surface area contributed by atoms with Gasteiger partial charge < -0.3 is 19.7 Å². The summed E-state index contributed by atoms with van der Waals surface area (Å²) in [6.45, 7) is -0.731. The summed E-state index contributed by atoms with van der Waals surface area (Å²) in [5.74, 6) is 0.431. The predicted molar refractivity (Wildman–Crippen MR) is 113 cm³/mol. The van der Waals surface area contributed by atoms with Crippen molar-refractivity contribution in [2.24, 2.45) is 0 Å². The second-order valence-corrected chi connectivity index (χ2v) is 7.23. The summed E-state index contributed by atoms with van der Waals surface area (Å²) in [4.78, 5) is 23.0. The second kappa shape index (κ2) is 9.45. The van der Waals surface area contributed by atoms with Crippen molar-refractivity contribution in [1.29, 1.82) is 0 Å². The van der Waals surface area contributed by atoms with Gasteiger partial charge in [0, 0.05) is 36.6 Å². The molecule has 1 N–H and O–H groups in total. The van der Waals surface area contributed by atoms with Crippen molar-refractivity contribution in [1.82, 2.24) is 24.6 Å². The maximum atomic E-state index is 12.8. The molecule has 4 rings (SSSR count). The van der Waals surface area contributed by atoms with E-state index in [1.54, 1.807) is 23.1 Å². The number of aromatic nitrogens is 4. The standard InChI is InChI=1S/C20H19ClF2N6O3/c1-31-16-8-13(2-3-14(16)18(30)28-4-6-32-7-5-28)26-20-24-10-15(21)17(27-20)12-9-25-29(11-12)19(22)23/h2-3,8-11,19H,4-7H2,1H3,(H,24,26,27). The summed E-state index contributed by atoms with van der Waals surface area (Å²) in [7, 11) is 1.48. The minimum absolute atomic E-state index is 0.141. The van der Waals surface area contributed by atoms with E-state index in [-0.39, 0.29) is 22.6 Å². The van der Waals surface area contributed by atoms with Crippen LogP contribution in [0.3, 0.4) is 0 Å². The first-order valence-corrected chi connectivity index (χ1v) is 10.0. The highest BCUT2D eigenvalue weighted by molar-refractivity contribution is 6.32. The summed E-state index contributed by atoms with van der Waals surface area (Å²) in [6.07, 6.45) is 3.76. The van der Waals surface area contributed by atoms with E-state index in [1.807, 2.05) is 0 Å². The number of carbonyl (C=O) groups excluding carboxylic acids is 1. The fraction of sp³-hybridized carbons (Fsp3) is 0.300. The molecule has 0 aliphatic carbocycles. The fourth-order valence-electron chi connectivity index (χ4n) is 3.21. The largest absolute Gasteiger partial charge is 0.496 e. The highest BCUT2D eigenvalue weighted by Crippen LogP contribution is 2.29. The number of halogens is 3. The van der Waals surface area contributed by atoms with Crippen LogP contribution in [0.1, 0.15) is 16.9 Å². The maximum Gasteiger partial charge on any atom is 0.333 e. The first-order valence-electron chi connectivity index (χ1n) is 9.63. The van der Waals surface area contributed by atoms with Crippen molar-refractivity contribution >= 4 is 29.1 Å². The molecule has 1 aromatic carbocycles. The average Bonchev–Trinajstić information content (AvgIpc) is 3.31. The van der Waals surface area contributed by atoms with E-state index in [4.69, 9.17) is 21.1 Å². The van der Waals surface area contributed by atoms with Gasteiger partial charge in [-0.2, -0.15) is 13.9 Å². The van der Waals surface area contributed by atoms with E-state index in [9.17, 15) is 13.6 Å². The monoisotopic (exact) mass is 464 g/mol. The zero-order valence-corrected chi connectivity index (χ0v) is 17.7. The minimum Gasteiger partial charge on any atom is -0.496 e. The molecule has 3 heterocycles. The molecular formula is C20H19ClF2N6O3. The fourth-order valence-corrected chi connectivity index (χ4v) is 3.41. The number of morpholine rings is 1. The van der Waals surface area contributed by atoms with Crippen LogP contribution in [0.5, 0.6) is 5.75 Å². The number of carbonyl (C=O) groups is 1. The predicted octanol–water partition coefficient (Wildman–Crippen LogP) is 3.61. The Morgan fingerprint density at radius 1 is 1.28 bits per heavy atom. The van der Waals surface area contributed by atoms with Crippen LogP contribution in [-0.2, 0) is 4.74 Å². The third-order valence-electron chi connectivity index (χ3n) is 4.81. The number of hydrogen-bond acceptors (Lipinski definition) is 7. The van der Waals surface area contributed by atoms with Crippen LogP contribution < -0.4 is 10.1 Å². The molecule has 0 spiro atoms. The molecule has 0 unspecified atom stereocenters. The zero-order valence-electron chi connectivity index (χ0n) is 17.0. The van der Waals surface area contributed by atoms with Crippen molar-refractivity contribution in [3.63, 3.8) is 0 Å². The van der Waals surface area contributed by atoms with Crippen molar-refractivity contribution in [2.45, 2.75) is 6.55 Å². The van der Waals surface area contributed by atoms with Gasteiger partial charge in [0.2, 0.25) is 5.95 Å². The van der Waals surface area contributed by atoms with Gasteiger partial charge in [-0.1, -0.05) is 11.6 Å². The molecule has 0 radical (unpaired) electrons. The Bertz CT molecular complexity index is 1120. The van der Waals surface area contributed by atoms with Gasteiger partial charge >= 0.3 is 6.55 Å². The van der Waals surface area contributed by atoms with Gasteiger partial charge in [-0.05, 0) is 12.1 Å². The molecule has 12 heteroatoms. The van der Waals surface area contributed by atoms with Gasteiger partial charge in [0.05, 0.1) is 49.0 Å². The van der Waals surface area contributed by atoms with Gasteiger partial charge in [-0.3, -0.25) is 4.79 Å². The van der Waals surface area contributed by atoms with Gasteiger partial charge in [-0.15, -0.1) is 0 Å². The molecule has 32 heavy (non-hydrogen) atoms. The molecule has 1 aliphatic rings. The molecule has 1 fully saturated rings. The second-order valence-electron chi connectivity index (χ2n) is 6.82. The van der Waals surface area contributed by atoms with Crippen LogP contribution in [0.15, 0.2) is 36.8 Å². The van der Waals surface area contributed by atoms with Crippen molar-refractivity contribution in [2.75, 3.05) is 38.7 Å². The van der Waals surface area contributed by atoms with E-state index in [0.717, 1.165) is 6.20 Å². The Kier molecular flexibility index (Phi) is 6.47. The zero-order chi connectivity index (χ0) is 22.7. The van der Waals surface area contributed by atoms with E-state index < -0.39 is 6.55 Å². The quantitative estimate of drug-likeness (QED) is 0.595. The SMILES string of the molecule is COc1cc(Nc2ncc(Cl)c(-c3cnn(C(F)F)c3)n2)ccc1C(=O)N1CCOCC1. The molecule has 1 saturated heterocycles. The number of alkyl halides is 2. The van der Waals surface area contributed by atoms with Crippen molar-refractivity contribution < 1.29 is 23.0 Å². The molecule has 3 aromatic rings. The number of anilines is 2. The minimum atomic E-state index is -2.77. The van der Waals surface area contributed by atoms with Gasteiger partial charge in [-0.25, -0.2) is 14.6 Å². The lowest BCUT2D eigenvalue weighted by Crippen LogP contribution is -2.40. The topological polar surface area (TPSA) is 94.4 Å². The van der Waals surface area contributed by atoms with E-state index >= 15 is 0 Å². The Hall–Kier alpha value is -3.31. The highest BCUT2D eigenvalue weighted by Gasteiger charge is 2.22. The Morgan fingerprint density at radius 3 is 2.75 bits per heavy atom. The summed E-state index contributed by atoms with van der Waals surface area (Å²) in [6, 6.07) is 5.01. The van der Waals surface area contributed by atoms with Crippen LogP contribution in [0.25, 0.3) is 11.3 Å². The number of nitrogens with zero attached hydrogens (tertiary/aromatic N) is 5. The third kappa shape index (κ3) is 4.63. The van der Waals surface area contributed by atoms with E-state index in [0.29, 0.717) is 53.5 Å². The number of nitrogens with one attached hydrogen (secondary N) is 1.